The second-order valence-electron chi connectivity index (χ2n) is 4.23. The van der Waals surface area contributed by atoms with Crippen molar-refractivity contribution in [1.29, 1.82) is 0 Å². The summed E-state index contributed by atoms with van der Waals surface area (Å²) in [7, 11) is 0. The van der Waals surface area contributed by atoms with E-state index in [1.54, 1.807) is 11.6 Å². The third-order valence-electron chi connectivity index (χ3n) is 2.56. The van der Waals surface area contributed by atoms with Crippen LogP contribution >= 0.6 is 0 Å². The molecule has 0 spiro atoms. The third-order valence-corrected chi connectivity index (χ3v) is 2.56. The zero-order valence-electron chi connectivity index (χ0n) is 11.0. The molecule has 1 aromatic rings. The van der Waals surface area contributed by atoms with Crippen molar-refractivity contribution in [2.24, 2.45) is 0 Å². The van der Waals surface area contributed by atoms with Crippen molar-refractivity contribution in [3.8, 4) is 0 Å². The van der Waals surface area contributed by atoms with Gasteiger partial charge in [0.2, 0.25) is 0 Å². The Hall–Kier alpha value is -1.65. The van der Waals surface area contributed by atoms with Gasteiger partial charge in [-0.05, 0) is 32.8 Å². The number of Topliss-reactive ketones (excluding diaryl/α,β-unsaturated/α-hetero) is 1. The topological polar surface area (TPSA) is 61.2 Å². The van der Waals surface area contributed by atoms with E-state index in [-0.39, 0.29) is 18.4 Å². The Bertz CT molecular complexity index is 399. The highest BCUT2D eigenvalue weighted by atomic mass is 16.5. The van der Waals surface area contributed by atoms with Crippen LogP contribution in [0.25, 0.3) is 0 Å². The number of carbonyl (C=O) groups excluding carboxylic acids is 2. The molecule has 0 fully saturated rings. The lowest BCUT2D eigenvalue weighted by Crippen LogP contribution is -2.05. The maximum absolute atomic E-state index is 11.4. The van der Waals surface area contributed by atoms with E-state index in [0.717, 1.165) is 18.7 Å². The van der Waals surface area contributed by atoms with Gasteiger partial charge in [0.25, 0.3) is 0 Å². The number of carbonyl (C=O) groups is 2. The summed E-state index contributed by atoms with van der Waals surface area (Å²) in [6.07, 6.45) is 4.20. The molecule has 0 aliphatic carbocycles. The van der Waals surface area contributed by atoms with Gasteiger partial charge in [0.05, 0.1) is 5.69 Å². The van der Waals surface area contributed by atoms with E-state index in [1.165, 1.54) is 0 Å². The van der Waals surface area contributed by atoms with Gasteiger partial charge in [0.1, 0.15) is 12.4 Å². The van der Waals surface area contributed by atoms with Crippen LogP contribution in [0.5, 0.6) is 0 Å². The Balaban J connectivity index is 2.14. The van der Waals surface area contributed by atoms with Crippen molar-refractivity contribution < 1.29 is 14.3 Å². The first-order chi connectivity index (χ1) is 8.61. The maximum Gasteiger partial charge on any atom is 0.306 e. The first kappa shape index (κ1) is 14.4. The Kier molecular flexibility index (Phi) is 6.11. The van der Waals surface area contributed by atoms with Crippen molar-refractivity contribution in [3.63, 3.8) is 0 Å². The van der Waals surface area contributed by atoms with Crippen LogP contribution < -0.4 is 0 Å². The fourth-order valence-corrected chi connectivity index (χ4v) is 1.53. The number of ketones is 1. The molecule has 0 N–H and O–H groups in total. The maximum atomic E-state index is 11.4. The SMILES string of the molecule is CCn1ccc(COC(=O)CCCCC(C)=O)n1. The summed E-state index contributed by atoms with van der Waals surface area (Å²) in [4.78, 5) is 22.1. The van der Waals surface area contributed by atoms with Gasteiger partial charge in [-0.25, -0.2) is 0 Å². The van der Waals surface area contributed by atoms with Crippen LogP contribution in [0.1, 0.15) is 45.2 Å². The molecule has 0 atom stereocenters. The minimum Gasteiger partial charge on any atom is -0.459 e. The molecule has 1 rings (SSSR count). The highest BCUT2D eigenvalue weighted by molar-refractivity contribution is 5.75. The van der Waals surface area contributed by atoms with Crippen LogP contribution in [0.3, 0.4) is 0 Å². The van der Waals surface area contributed by atoms with E-state index in [1.807, 2.05) is 19.2 Å². The summed E-state index contributed by atoms with van der Waals surface area (Å²) in [6, 6.07) is 1.84. The molecule has 100 valence electrons. The average molecular weight is 252 g/mol. The van der Waals surface area contributed by atoms with Gasteiger partial charge in [-0.2, -0.15) is 5.10 Å². The number of nitrogens with zero attached hydrogens (tertiary/aromatic N) is 2. The number of rotatable bonds is 8. The van der Waals surface area contributed by atoms with Crippen LogP contribution in [-0.4, -0.2) is 21.5 Å². The molecule has 1 heterocycles. The lowest BCUT2D eigenvalue weighted by Gasteiger charge is -2.02. The summed E-state index contributed by atoms with van der Waals surface area (Å²) in [5.74, 6) is -0.0712. The van der Waals surface area contributed by atoms with E-state index >= 15 is 0 Å². The minimum atomic E-state index is -0.232. The van der Waals surface area contributed by atoms with Crippen molar-refractivity contribution in [2.75, 3.05) is 0 Å². The van der Waals surface area contributed by atoms with E-state index in [4.69, 9.17) is 4.74 Å². The number of hydrogen-bond donors (Lipinski definition) is 0. The molecule has 0 radical (unpaired) electrons. The van der Waals surface area contributed by atoms with E-state index in [9.17, 15) is 9.59 Å². The Labute approximate surface area is 107 Å². The molecule has 0 aliphatic heterocycles. The molecule has 0 saturated carbocycles. The van der Waals surface area contributed by atoms with Crippen molar-refractivity contribution in [3.05, 3.63) is 18.0 Å². The fourth-order valence-electron chi connectivity index (χ4n) is 1.53. The first-order valence-electron chi connectivity index (χ1n) is 6.29. The van der Waals surface area contributed by atoms with Crippen molar-refractivity contribution in [2.45, 2.75) is 52.7 Å². The van der Waals surface area contributed by atoms with Crippen molar-refractivity contribution in [1.82, 2.24) is 9.78 Å². The van der Waals surface area contributed by atoms with E-state index < -0.39 is 0 Å². The molecule has 0 amide bonds. The number of hydrogen-bond acceptors (Lipinski definition) is 4. The van der Waals surface area contributed by atoms with Crippen LogP contribution in [0.15, 0.2) is 12.3 Å². The second kappa shape index (κ2) is 7.63. The summed E-state index contributed by atoms with van der Waals surface area (Å²) >= 11 is 0. The standard InChI is InChI=1S/C13H20N2O3/c1-3-15-9-8-12(14-15)10-18-13(17)7-5-4-6-11(2)16/h8-9H,3-7,10H2,1-2H3. The van der Waals surface area contributed by atoms with Crippen LogP contribution in [0.4, 0.5) is 0 Å². The normalized spacial score (nSPS) is 10.3. The zero-order valence-corrected chi connectivity index (χ0v) is 11.0. The first-order valence-corrected chi connectivity index (χ1v) is 6.29. The zero-order chi connectivity index (χ0) is 13.4. The quantitative estimate of drug-likeness (QED) is 0.525. The highest BCUT2D eigenvalue weighted by Crippen LogP contribution is 2.04. The third kappa shape index (κ3) is 5.61. The average Bonchev–Trinajstić information content (AvgIpc) is 2.80. The summed E-state index contributed by atoms with van der Waals surface area (Å²) in [5.41, 5.74) is 0.758. The summed E-state index contributed by atoms with van der Waals surface area (Å²) in [6.45, 7) is 4.58. The molecule has 5 heteroatoms. The molecule has 1 aromatic heterocycles. The molecule has 5 nitrogen and oxygen atoms in total. The molecule has 0 aliphatic rings. The fraction of sp³-hybridized carbons (Fsp3) is 0.615. The Morgan fingerprint density at radius 2 is 2.06 bits per heavy atom. The molecule has 18 heavy (non-hydrogen) atoms. The van der Waals surface area contributed by atoms with Crippen LogP contribution in [0.2, 0.25) is 0 Å². The molecular formula is C13H20N2O3. The van der Waals surface area contributed by atoms with Gasteiger partial charge in [0, 0.05) is 25.6 Å². The van der Waals surface area contributed by atoms with Gasteiger partial charge < -0.3 is 9.53 Å². The lowest BCUT2D eigenvalue weighted by atomic mass is 10.1. The van der Waals surface area contributed by atoms with Gasteiger partial charge in [-0.3, -0.25) is 9.48 Å². The van der Waals surface area contributed by atoms with Gasteiger partial charge in [-0.15, -0.1) is 0 Å². The largest absolute Gasteiger partial charge is 0.459 e. The monoisotopic (exact) mass is 252 g/mol. The number of esters is 1. The number of unbranched alkanes of at least 4 members (excludes halogenated alkanes) is 1. The molecule has 0 aromatic carbocycles. The molecular weight excluding hydrogens is 232 g/mol. The van der Waals surface area contributed by atoms with Crippen LogP contribution in [-0.2, 0) is 27.5 Å². The van der Waals surface area contributed by atoms with E-state index in [2.05, 4.69) is 5.10 Å². The van der Waals surface area contributed by atoms with Crippen molar-refractivity contribution >= 4 is 11.8 Å². The number of aromatic nitrogens is 2. The lowest BCUT2D eigenvalue weighted by molar-refractivity contribution is -0.145. The number of aryl methyl sites for hydroxylation is 1. The predicted octanol–water partition coefficient (Wildman–Crippen LogP) is 2.10. The van der Waals surface area contributed by atoms with E-state index in [0.29, 0.717) is 19.3 Å². The smallest absolute Gasteiger partial charge is 0.306 e. The summed E-state index contributed by atoms with van der Waals surface area (Å²) in [5, 5.41) is 4.22. The minimum absolute atomic E-state index is 0.161. The highest BCUT2D eigenvalue weighted by Gasteiger charge is 2.05. The number of ether oxygens (including phenoxy) is 1. The molecule has 0 bridgehead atoms. The molecule has 0 saturated heterocycles. The van der Waals surface area contributed by atoms with Gasteiger partial charge >= 0.3 is 5.97 Å². The summed E-state index contributed by atoms with van der Waals surface area (Å²) < 4.78 is 6.88. The Morgan fingerprint density at radius 3 is 2.67 bits per heavy atom. The second-order valence-corrected chi connectivity index (χ2v) is 4.23. The van der Waals surface area contributed by atoms with Crippen LogP contribution in [0, 0.1) is 0 Å². The van der Waals surface area contributed by atoms with Gasteiger partial charge in [-0.1, -0.05) is 0 Å². The molecule has 0 unspecified atom stereocenters. The Morgan fingerprint density at radius 1 is 1.33 bits per heavy atom. The van der Waals surface area contributed by atoms with Gasteiger partial charge in [0.15, 0.2) is 0 Å². The predicted molar refractivity (Wildman–Crippen MR) is 66.8 cm³/mol.